The molecule has 0 aromatic carbocycles. The summed E-state index contributed by atoms with van der Waals surface area (Å²) in [5, 5.41) is 3.85. The van der Waals surface area contributed by atoms with E-state index in [1.54, 1.807) is 0 Å². The first kappa shape index (κ1) is 17.0. The zero-order valence-electron chi connectivity index (χ0n) is 16.5. The number of Topliss-reactive ketones (excluding diaryl/α,β-unsaturated/α-hetero) is 1. The molecule has 5 fully saturated rings. The van der Waals surface area contributed by atoms with Crippen LogP contribution in [0.25, 0.3) is 0 Å². The van der Waals surface area contributed by atoms with Crippen molar-refractivity contribution >= 4 is 5.78 Å². The average molecular weight is 334 g/mol. The lowest BCUT2D eigenvalue weighted by molar-refractivity contribution is -0.255. The molecule has 5 aliphatic heterocycles. The van der Waals surface area contributed by atoms with Crippen molar-refractivity contribution in [3.63, 3.8) is 0 Å². The van der Waals surface area contributed by atoms with Crippen molar-refractivity contribution in [2.24, 2.45) is 10.8 Å². The lowest BCUT2D eigenvalue weighted by Crippen LogP contribution is -2.86. The van der Waals surface area contributed by atoms with Crippen molar-refractivity contribution < 1.29 is 4.79 Å². The van der Waals surface area contributed by atoms with Gasteiger partial charge in [-0.25, -0.2) is 0 Å². The summed E-state index contributed by atoms with van der Waals surface area (Å²) in [4.78, 5) is 18.8. The Bertz CT molecular complexity index is 519. The summed E-state index contributed by atoms with van der Waals surface area (Å²) in [7, 11) is 0. The second-order valence-corrected chi connectivity index (χ2v) is 10.5. The number of nitrogens with one attached hydrogen (secondary N) is 1. The zero-order valence-corrected chi connectivity index (χ0v) is 16.5. The molecule has 1 N–H and O–H groups in total. The number of nitrogens with zero attached hydrogens (tertiary/aromatic N) is 2. The number of piperidine rings is 3. The van der Waals surface area contributed by atoms with Crippen molar-refractivity contribution in [3.05, 3.63) is 0 Å². The first-order valence-electron chi connectivity index (χ1n) is 9.87. The number of hydrogen-bond acceptors (Lipinski definition) is 4. The Morgan fingerprint density at radius 2 is 1.21 bits per heavy atom. The largest absolute Gasteiger partial charge is 0.307 e. The van der Waals surface area contributed by atoms with E-state index < -0.39 is 0 Å². The number of rotatable bonds is 2. The third kappa shape index (κ3) is 1.99. The molecule has 0 aromatic rings. The van der Waals surface area contributed by atoms with Gasteiger partial charge in [-0.2, -0.15) is 0 Å². The number of ketones is 1. The van der Waals surface area contributed by atoms with Crippen molar-refractivity contribution in [2.75, 3.05) is 26.2 Å². The molecule has 1 spiro atoms. The van der Waals surface area contributed by atoms with Gasteiger partial charge in [0.1, 0.15) is 5.78 Å². The summed E-state index contributed by atoms with van der Waals surface area (Å²) >= 11 is 0. The molecule has 0 aliphatic carbocycles. The predicted octanol–water partition coefficient (Wildman–Crippen LogP) is 2.63. The third-order valence-electron chi connectivity index (χ3n) is 7.60. The van der Waals surface area contributed by atoms with E-state index in [1.807, 2.05) is 0 Å². The summed E-state index contributed by atoms with van der Waals surface area (Å²) in [5.41, 5.74) is 0.157. The molecule has 0 amide bonds. The van der Waals surface area contributed by atoms with Crippen LogP contribution in [0.2, 0.25) is 0 Å². The SMILES string of the molecule is CCC12CN3CC(CC)(CN(C1)C31CC(C)(C)NC(C)(C)C1)C2=O. The normalized spacial score (nSPS) is 47.3. The summed E-state index contributed by atoms with van der Waals surface area (Å²) in [6.07, 6.45) is 4.28. The molecule has 4 heteroatoms. The van der Waals surface area contributed by atoms with Crippen LogP contribution in [0, 0.1) is 10.8 Å². The topological polar surface area (TPSA) is 35.6 Å². The highest BCUT2D eigenvalue weighted by atomic mass is 16.1. The lowest BCUT2D eigenvalue weighted by atomic mass is 9.55. The van der Waals surface area contributed by atoms with Crippen molar-refractivity contribution in [1.29, 1.82) is 0 Å². The Hall–Kier alpha value is -0.450. The lowest BCUT2D eigenvalue weighted by Gasteiger charge is -2.74. The monoisotopic (exact) mass is 333 g/mol. The standard InChI is InChI=1S/C20H35N3O/c1-7-18-11-22-13-19(8-2,15(18)24)14-23(12-18)20(22)9-16(3,4)21-17(5,6)10-20/h21H,7-14H2,1-6H3. The zero-order chi connectivity index (χ0) is 17.6. The number of carbonyl (C=O) groups excluding carboxylic acids is 1. The van der Waals surface area contributed by atoms with E-state index >= 15 is 0 Å². The summed E-state index contributed by atoms with van der Waals surface area (Å²) < 4.78 is 0. The number of hydrogen-bond donors (Lipinski definition) is 1. The molecular formula is C20H35N3O. The molecule has 136 valence electrons. The maximum atomic E-state index is 13.3. The minimum atomic E-state index is -0.114. The Balaban J connectivity index is 1.79. The first-order chi connectivity index (χ1) is 11.0. The first-order valence-corrected chi connectivity index (χ1v) is 9.87. The van der Waals surface area contributed by atoms with Crippen LogP contribution in [0.4, 0.5) is 0 Å². The van der Waals surface area contributed by atoms with Crippen LogP contribution in [0.1, 0.15) is 67.2 Å². The molecule has 0 saturated carbocycles. The molecular weight excluding hydrogens is 298 g/mol. The molecule has 5 rings (SSSR count). The molecule has 5 saturated heterocycles. The Kier molecular flexibility index (Phi) is 3.28. The van der Waals surface area contributed by atoms with Crippen LogP contribution in [0.3, 0.4) is 0 Å². The molecule has 0 unspecified atom stereocenters. The van der Waals surface area contributed by atoms with Crippen molar-refractivity contribution in [1.82, 2.24) is 15.1 Å². The minimum Gasteiger partial charge on any atom is -0.307 e. The Morgan fingerprint density at radius 3 is 1.54 bits per heavy atom. The van der Waals surface area contributed by atoms with Crippen LogP contribution in [-0.2, 0) is 4.79 Å². The fraction of sp³-hybridized carbons (Fsp3) is 0.950. The minimum absolute atomic E-state index is 0.114. The van der Waals surface area contributed by atoms with E-state index in [2.05, 4.69) is 56.7 Å². The summed E-state index contributed by atoms with van der Waals surface area (Å²) in [5.74, 6) is 0.579. The molecule has 4 bridgehead atoms. The van der Waals surface area contributed by atoms with Crippen molar-refractivity contribution in [2.45, 2.75) is 84.0 Å². The van der Waals surface area contributed by atoms with Crippen LogP contribution >= 0.6 is 0 Å². The van der Waals surface area contributed by atoms with E-state index in [0.717, 1.165) is 51.9 Å². The summed E-state index contributed by atoms with van der Waals surface area (Å²) in [6, 6.07) is 0. The van der Waals surface area contributed by atoms with Crippen LogP contribution < -0.4 is 5.32 Å². The second-order valence-electron chi connectivity index (χ2n) is 10.5. The molecule has 4 nitrogen and oxygen atoms in total. The van der Waals surface area contributed by atoms with Gasteiger partial charge in [-0.3, -0.25) is 14.6 Å². The third-order valence-corrected chi connectivity index (χ3v) is 7.60. The van der Waals surface area contributed by atoms with Gasteiger partial charge in [0.25, 0.3) is 0 Å². The van der Waals surface area contributed by atoms with Gasteiger partial charge in [0.15, 0.2) is 0 Å². The molecule has 5 heterocycles. The molecule has 0 radical (unpaired) electrons. The number of carbonyl (C=O) groups is 1. The average Bonchev–Trinajstić information content (AvgIpc) is 2.43. The maximum absolute atomic E-state index is 13.3. The highest BCUT2D eigenvalue weighted by Gasteiger charge is 2.70. The fourth-order valence-electron chi connectivity index (χ4n) is 7.01. The van der Waals surface area contributed by atoms with E-state index in [-0.39, 0.29) is 27.6 Å². The van der Waals surface area contributed by atoms with E-state index in [9.17, 15) is 4.79 Å². The van der Waals surface area contributed by atoms with E-state index in [1.165, 1.54) is 0 Å². The van der Waals surface area contributed by atoms with Gasteiger partial charge in [0, 0.05) is 37.3 Å². The van der Waals surface area contributed by atoms with Gasteiger partial charge in [-0.05, 0) is 53.4 Å². The smallest absolute Gasteiger partial charge is 0.150 e. The highest BCUT2D eigenvalue weighted by molar-refractivity contribution is 5.93. The van der Waals surface area contributed by atoms with E-state index in [4.69, 9.17) is 0 Å². The van der Waals surface area contributed by atoms with Gasteiger partial charge < -0.3 is 5.32 Å². The Labute approximate surface area is 147 Å². The molecule has 0 atom stereocenters. The maximum Gasteiger partial charge on any atom is 0.150 e. The van der Waals surface area contributed by atoms with Gasteiger partial charge in [-0.15, -0.1) is 0 Å². The van der Waals surface area contributed by atoms with E-state index in [0.29, 0.717) is 5.78 Å². The molecule has 5 aliphatic rings. The highest BCUT2D eigenvalue weighted by Crippen LogP contribution is 2.58. The summed E-state index contributed by atoms with van der Waals surface area (Å²) in [6.45, 7) is 17.7. The van der Waals surface area contributed by atoms with Crippen LogP contribution in [0.5, 0.6) is 0 Å². The van der Waals surface area contributed by atoms with Gasteiger partial charge in [0.2, 0.25) is 0 Å². The van der Waals surface area contributed by atoms with Crippen molar-refractivity contribution in [3.8, 4) is 0 Å². The second kappa shape index (κ2) is 4.63. The van der Waals surface area contributed by atoms with Crippen LogP contribution in [0.15, 0.2) is 0 Å². The predicted molar refractivity (Wildman–Crippen MR) is 96.9 cm³/mol. The quantitative estimate of drug-likeness (QED) is 0.843. The van der Waals surface area contributed by atoms with Gasteiger partial charge in [0.05, 0.1) is 16.5 Å². The Morgan fingerprint density at radius 1 is 0.833 bits per heavy atom. The van der Waals surface area contributed by atoms with Gasteiger partial charge >= 0.3 is 0 Å². The molecule has 24 heavy (non-hydrogen) atoms. The fourth-order valence-corrected chi connectivity index (χ4v) is 7.01. The van der Waals surface area contributed by atoms with Crippen LogP contribution in [-0.4, -0.2) is 58.5 Å². The molecule has 0 aromatic heterocycles. The van der Waals surface area contributed by atoms with Gasteiger partial charge in [-0.1, -0.05) is 13.8 Å².